The van der Waals surface area contributed by atoms with Crippen LogP contribution in [0.2, 0.25) is 0 Å². The molecule has 106 valence electrons. The third-order valence-electron chi connectivity index (χ3n) is 3.00. The Morgan fingerprint density at radius 1 is 1.50 bits per heavy atom. The average molecular weight is 278 g/mol. The minimum absolute atomic E-state index is 0.189. The molecule has 0 N–H and O–H groups in total. The number of aromatic nitrogens is 2. The maximum Gasteiger partial charge on any atom is 0.406 e. The molecule has 0 aliphatic rings. The molecule has 1 heterocycles. The second-order valence-electron chi connectivity index (χ2n) is 4.40. The first-order valence-corrected chi connectivity index (χ1v) is 6.18. The van der Waals surface area contributed by atoms with Gasteiger partial charge in [0.2, 0.25) is 12.1 Å². The second-order valence-corrected chi connectivity index (χ2v) is 4.40. The summed E-state index contributed by atoms with van der Waals surface area (Å²) in [5, 5.41) is 11.0. The van der Waals surface area contributed by atoms with E-state index < -0.39 is 4.92 Å². The first-order chi connectivity index (χ1) is 9.52. The number of nitro groups is 1. The highest BCUT2D eigenvalue weighted by molar-refractivity contribution is 5.54. The van der Waals surface area contributed by atoms with Crippen LogP contribution in [0.25, 0.3) is 0 Å². The van der Waals surface area contributed by atoms with Crippen molar-refractivity contribution >= 4 is 11.6 Å². The molecule has 0 saturated heterocycles. The van der Waals surface area contributed by atoms with Crippen LogP contribution in [0.5, 0.6) is 0 Å². The largest absolute Gasteiger partial charge is 0.406 e. The Morgan fingerprint density at radius 3 is 2.85 bits per heavy atom. The lowest BCUT2D eigenvalue weighted by molar-refractivity contribution is -0.388. The fraction of sp³-hybridized carbons (Fsp3) is 0.308. The molecule has 0 aliphatic heterocycles. The molecule has 7 heteroatoms. The predicted octanol–water partition coefficient (Wildman–Crippen LogP) is 2.49. The fourth-order valence-corrected chi connectivity index (χ4v) is 2.10. The molecule has 0 saturated carbocycles. The molecule has 2 rings (SSSR count). The van der Waals surface area contributed by atoms with Gasteiger partial charge in [0.25, 0.3) is 0 Å². The molecule has 0 unspecified atom stereocenters. The van der Waals surface area contributed by atoms with Crippen LogP contribution < -0.4 is 4.90 Å². The maximum atomic E-state index is 13.2. The lowest BCUT2D eigenvalue weighted by atomic mass is 10.2. The molecule has 20 heavy (non-hydrogen) atoms. The smallest absolute Gasteiger partial charge is 0.358 e. The average Bonchev–Trinajstić information content (AvgIpc) is 2.78. The molecule has 0 aliphatic carbocycles. The van der Waals surface area contributed by atoms with Gasteiger partial charge in [0, 0.05) is 20.1 Å². The molecule has 0 atom stereocenters. The third-order valence-corrected chi connectivity index (χ3v) is 3.00. The van der Waals surface area contributed by atoms with Crippen molar-refractivity contribution in [2.75, 3.05) is 11.4 Å². The predicted molar refractivity (Wildman–Crippen MR) is 73.0 cm³/mol. The van der Waals surface area contributed by atoms with Crippen LogP contribution in [0.15, 0.2) is 30.6 Å². The van der Waals surface area contributed by atoms with Gasteiger partial charge >= 0.3 is 5.82 Å². The van der Waals surface area contributed by atoms with E-state index >= 15 is 0 Å². The van der Waals surface area contributed by atoms with Gasteiger partial charge in [-0.05, 0) is 34.5 Å². The summed E-state index contributed by atoms with van der Waals surface area (Å²) in [6, 6.07) is 6.20. The molecule has 0 amide bonds. The molecule has 1 aromatic heterocycles. The van der Waals surface area contributed by atoms with Gasteiger partial charge in [-0.15, -0.1) is 0 Å². The number of halogens is 1. The van der Waals surface area contributed by atoms with Crippen molar-refractivity contribution < 1.29 is 9.31 Å². The minimum atomic E-state index is -0.510. The zero-order valence-electron chi connectivity index (χ0n) is 11.3. The van der Waals surface area contributed by atoms with E-state index in [1.165, 1.54) is 18.5 Å². The van der Waals surface area contributed by atoms with E-state index in [0.717, 1.165) is 5.56 Å². The topological polar surface area (TPSA) is 64.2 Å². The van der Waals surface area contributed by atoms with Crippen molar-refractivity contribution in [1.29, 1.82) is 0 Å². The van der Waals surface area contributed by atoms with Crippen molar-refractivity contribution in [1.82, 2.24) is 9.55 Å². The van der Waals surface area contributed by atoms with Crippen LogP contribution in [0.1, 0.15) is 12.5 Å². The van der Waals surface area contributed by atoms with E-state index in [4.69, 9.17) is 0 Å². The van der Waals surface area contributed by atoms with Crippen LogP contribution in [-0.4, -0.2) is 21.0 Å². The number of anilines is 1. The summed E-state index contributed by atoms with van der Waals surface area (Å²) in [5.41, 5.74) is 0.752. The Balaban J connectivity index is 2.33. The Labute approximate surface area is 115 Å². The lowest BCUT2D eigenvalue weighted by Crippen LogP contribution is -2.25. The highest BCUT2D eigenvalue weighted by Crippen LogP contribution is 2.27. The molecule has 1 aromatic carbocycles. The Kier molecular flexibility index (Phi) is 3.97. The summed E-state index contributed by atoms with van der Waals surface area (Å²) in [6.07, 6.45) is 1.40. The summed E-state index contributed by atoms with van der Waals surface area (Å²) in [6.45, 7) is 2.82. The molecule has 0 fully saturated rings. The number of imidazole rings is 1. The van der Waals surface area contributed by atoms with Crippen LogP contribution >= 0.6 is 0 Å². The standard InChI is InChI=1S/C13H15FN4O2/c1-3-17(8-10-5-4-6-11(14)7-10)13-12(18(19)20)15-9-16(13)2/h4-7,9H,3,8H2,1-2H3. The van der Waals surface area contributed by atoms with Gasteiger partial charge in [-0.25, -0.2) is 4.39 Å². The van der Waals surface area contributed by atoms with Crippen molar-refractivity contribution in [3.8, 4) is 0 Å². The molecular weight excluding hydrogens is 263 g/mol. The van der Waals surface area contributed by atoms with Crippen LogP contribution in [0, 0.1) is 15.9 Å². The molecule has 2 aromatic rings. The summed E-state index contributed by atoms with van der Waals surface area (Å²) >= 11 is 0. The van der Waals surface area contributed by atoms with Crippen molar-refractivity contribution in [3.63, 3.8) is 0 Å². The number of nitrogens with zero attached hydrogens (tertiary/aromatic N) is 4. The summed E-state index contributed by atoms with van der Waals surface area (Å²) in [4.78, 5) is 16.1. The number of aryl methyl sites for hydroxylation is 1. The summed E-state index contributed by atoms with van der Waals surface area (Å²) in [7, 11) is 1.70. The van der Waals surface area contributed by atoms with E-state index in [-0.39, 0.29) is 11.6 Å². The zero-order chi connectivity index (χ0) is 14.7. The zero-order valence-corrected chi connectivity index (χ0v) is 11.3. The molecule has 0 radical (unpaired) electrons. The van der Waals surface area contributed by atoms with Crippen LogP contribution in [-0.2, 0) is 13.6 Å². The van der Waals surface area contributed by atoms with E-state index in [9.17, 15) is 14.5 Å². The second kappa shape index (κ2) is 5.68. The van der Waals surface area contributed by atoms with E-state index in [0.29, 0.717) is 18.9 Å². The highest BCUT2D eigenvalue weighted by Gasteiger charge is 2.24. The molecule has 0 spiro atoms. The van der Waals surface area contributed by atoms with E-state index in [1.54, 1.807) is 28.6 Å². The Bertz CT molecular complexity index is 627. The van der Waals surface area contributed by atoms with Gasteiger partial charge < -0.3 is 15.0 Å². The van der Waals surface area contributed by atoms with Crippen molar-refractivity contribution in [2.45, 2.75) is 13.5 Å². The van der Waals surface area contributed by atoms with Gasteiger partial charge in [-0.3, -0.25) is 4.57 Å². The van der Waals surface area contributed by atoms with E-state index in [1.807, 2.05) is 6.92 Å². The third kappa shape index (κ3) is 2.76. The Morgan fingerprint density at radius 2 is 2.25 bits per heavy atom. The van der Waals surface area contributed by atoms with Gasteiger partial charge in [0.1, 0.15) is 5.82 Å². The first-order valence-electron chi connectivity index (χ1n) is 6.18. The van der Waals surface area contributed by atoms with E-state index in [2.05, 4.69) is 4.98 Å². The summed E-state index contributed by atoms with van der Waals surface area (Å²) < 4.78 is 14.8. The molecular formula is C13H15FN4O2. The van der Waals surface area contributed by atoms with Crippen LogP contribution in [0.3, 0.4) is 0 Å². The normalized spacial score (nSPS) is 10.6. The summed E-state index contributed by atoms with van der Waals surface area (Å²) in [5.74, 6) is -0.0921. The number of benzene rings is 1. The molecule has 6 nitrogen and oxygen atoms in total. The highest BCUT2D eigenvalue weighted by atomic mass is 19.1. The maximum absolute atomic E-state index is 13.2. The molecule has 0 bridgehead atoms. The van der Waals surface area contributed by atoms with Crippen LogP contribution in [0.4, 0.5) is 16.0 Å². The number of rotatable bonds is 5. The monoisotopic (exact) mass is 278 g/mol. The first kappa shape index (κ1) is 14.0. The van der Waals surface area contributed by atoms with Gasteiger partial charge in [0.05, 0.1) is 0 Å². The number of hydrogen-bond acceptors (Lipinski definition) is 4. The fourth-order valence-electron chi connectivity index (χ4n) is 2.10. The SMILES string of the molecule is CCN(Cc1cccc(F)c1)c1c([N+](=O)[O-])ncn1C. The minimum Gasteiger partial charge on any atom is -0.358 e. The Hall–Kier alpha value is -2.44. The quantitative estimate of drug-likeness (QED) is 0.622. The van der Waals surface area contributed by atoms with Crippen molar-refractivity contribution in [2.24, 2.45) is 7.05 Å². The van der Waals surface area contributed by atoms with Gasteiger partial charge in [0.15, 0.2) is 0 Å². The lowest BCUT2D eigenvalue weighted by Gasteiger charge is -2.22. The number of hydrogen-bond donors (Lipinski definition) is 0. The van der Waals surface area contributed by atoms with Gasteiger partial charge in [-0.2, -0.15) is 0 Å². The van der Waals surface area contributed by atoms with Gasteiger partial charge in [-0.1, -0.05) is 12.1 Å². The van der Waals surface area contributed by atoms with Crippen molar-refractivity contribution in [3.05, 3.63) is 52.1 Å².